The minimum atomic E-state index is 0.584. The van der Waals surface area contributed by atoms with Crippen LogP contribution in [0.25, 0.3) is 0 Å². The fourth-order valence-corrected chi connectivity index (χ4v) is 1.55. The van der Waals surface area contributed by atoms with Crippen LogP contribution >= 0.6 is 15.9 Å². The lowest BCUT2D eigenvalue weighted by Gasteiger charge is -2.14. The summed E-state index contributed by atoms with van der Waals surface area (Å²) in [4.78, 5) is 0.584. The van der Waals surface area contributed by atoms with Crippen LogP contribution < -0.4 is 0 Å². The highest BCUT2D eigenvalue weighted by Crippen LogP contribution is 2.19. The van der Waals surface area contributed by atoms with Crippen LogP contribution in [0.5, 0.6) is 0 Å². The van der Waals surface area contributed by atoms with Crippen molar-refractivity contribution in [3.05, 3.63) is 11.8 Å². The van der Waals surface area contributed by atoms with E-state index in [1.165, 1.54) is 18.4 Å². The van der Waals surface area contributed by atoms with E-state index in [9.17, 15) is 0 Å². The largest absolute Gasteiger partial charge is 0.501 e. The van der Waals surface area contributed by atoms with Gasteiger partial charge in [0.05, 0.1) is 12.9 Å². The lowest BCUT2D eigenvalue weighted by Crippen LogP contribution is -2.02. The van der Waals surface area contributed by atoms with Crippen LogP contribution in [-0.2, 0) is 4.74 Å². The fourth-order valence-electron chi connectivity index (χ4n) is 1.13. The van der Waals surface area contributed by atoms with E-state index in [0.29, 0.717) is 4.83 Å². The third-order valence-electron chi connectivity index (χ3n) is 1.55. The molecule has 0 aliphatic carbocycles. The number of hydrogen-bond acceptors (Lipinski definition) is 1. The van der Waals surface area contributed by atoms with Crippen molar-refractivity contribution in [2.24, 2.45) is 0 Å². The highest BCUT2D eigenvalue weighted by Gasteiger charge is 2.06. The molecule has 0 aromatic rings. The zero-order valence-electron chi connectivity index (χ0n) is 6.27. The zero-order chi connectivity index (χ0) is 7.40. The predicted octanol–water partition coefficient (Wildman–Crippen LogP) is 2.85. The van der Waals surface area contributed by atoms with Crippen LogP contribution in [0.1, 0.15) is 26.2 Å². The molecule has 0 saturated heterocycles. The average Bonchev–Trinajstić information content (AvgIpc) is 1.88. The average molecular weight is 205 g/mol. The van der Waals surface area contributed by atoms with Crippen molar-refractivity contribution in [1.29, 1.82) is 0 Å². The molecule has 1 aliphatic heterocycles. The molecular weight excluding hydrogens is 192 g/mol. The van der Waals surface area contributed by atoms with Gasteiger partial charge < -0.3 is 4.74 Å². The van der Waals surface area contributed by atoms with Crippen LogP contribution in [0, 0.1) is 0 Å². The van der Waals surface area contributed by atoms with E-state index in [-0.39, 0.29) is 0 Å². The van der Waals surface area contributed by atoms with Gasteiger partial charge in [-0.05, 0) is 24.8 Å². The molecule has 0 N–H and O–H groups in total. The molecule has 0 amide bonds. The van der Waals surface area contributed by atoms with Crippen molar-refractivity contribution in [3.8, 4) is 0 Å². The van der Waals surface area contributed by atoms with Gasteiger partial charge in [0.2, 0.25) is 0 Å². The maximum absolute atomic E-state index is 5.20. The van der Waals surface area contributed by atoms with Crippen molar-refractivity contribution in [1.82, 2.24) is 0 Å². The van der Waals surface area contributed by atoms with Crippen LogP contribution in [-0.4, -0.2) is 11.4 Å². The number of halogens is 1. The lowest BCUT2D eigenvalue weighted by molar-refractivity contribution is 0.223. The number of rotatable bonds is 2. The van der Waals surface area contributed by atoms with Gasteiger partial charge in [-0.3, -0.25) is 0 Å². The van der Waals surface area contributed by atoms with Crippen LogP contribution in [0.15, 0.2) is 11.8 Å². The topological polar surface area (TPSA) is 9.23 Å². The van der Waals surface area contributed by atoms with E-state index in [0.717, 1.165) is 13.0 Å². The number of allylic oxidation sites excluding steroid dienone is 1. The second kappa shape index (κ2) is 4.02. The van der Waals surface area contributed by atoms with Crippen LogP contribution in [0.4, 0.5) is 0 Å². The van der Waals surface area contributed by atoms with E-state index in [4.69, 9.17) is 4.74 Å². The highest BCUT2D eigenvalue weighted by atomic mass is 79.9. The first-order valence-corrected chi connectivity index (χ1v) is 4.64. The summed E-state index contributed by atoms with van der Waals surface area (Å²) in [7, 11) is 0. The van der Waals surface area contributed by atoms with Crippen LogP contribution in [0.2, 0.25) is 0 Å². The third-order valence-corrected chi connectivity index (χ3v) is 1.88. The molecule has 1 heterocycles. The summed E-state index contributed by atoms with van der Waals surface area (Å²) in [5.74, 6) is 0. The minimum absolute atomic E-state index is 0.584. The molecule has 1 atom stereocenters. The van der Waals surface area contributed by atoms with Gasteiger partial charge in [0.1, 0.15) is 0 Å². The molecule has 0 bridgehead atoms. The Morgan fingerprint density at radius 2 is 2.60 bits per heavy atom. The molecule has 58 valence electrons. The van der Waals surface area contributed by atoms with Gasteiger partial charge >= 0.3 is 0 Å². The Kier molecular flexibility index (Phi) is 3.26. The van der Waals surface area contributed by atoms with E-state index >= 15 is 0 Å². The molecule has 0 radical (unpaired) electrons. The van der Waals surface area contributed by atoms with Gasteiger partial charge in [0, 0.05) is 4.83 Å². The first-order chi connectivity index (χ1) is 4.79. The number of hydrogen-bond donors (Lipinski definition) is 0. The normalized spacial score (nSPS) is 21.2. The van der Waals surface area contributed by atoms with Crippen molar-refractivity contribution in [2.75, 3.05) is 6.61 Å². The summed E-state index contributed by atoms with van der Waals surface area (Å²) in [5, 5.41) is 0. The smallest absolute Gasteiger partial charge is 0.0876 e. The first-order valence-electron chi connectivity index (χ1n) is 3.72. The minimum Gasteiger partial charge on any atom is -0.501 e. The molecule has 0 aromatic carbocycles. The Morgan fingerprint density at radius 1 is 1.80 bits per heavy atom. The Balaban J connectivity index is 2.31. The van der Waals surface area contributed by atoms with E-state index in [1.807, 2.05) is 6.26 Å². The van der Waals surface area contributed by atoms with E-state index in [1.54, 1.807) is 0 Å². The highest BCUT2D eigenvalue weighted by molar-refractivity contribution is 9.09. The quantitative estimate of drug-likeness (QED) is 0.630. The molecule has 1 aliphatic rings. The molecule has 1 rings (SSSR count). The molecular formula is C8H13BrO. The molecule has 1 nitrogen and oxygen atoms in total. The van der Waals surface area contributed by atoms with Gasteiger partial charge in [-0.15, -0.1) is 0 Å². The third kappa shape index (κ3) is 2.74. The van der Waals surface area contributed by atoms with Gasteiger partial charge in [0.25, 0.3) is 0 Å². The number of ether oxygens (including phenoxy) is 1. The second-order valence-corrected chi connectivity index (χ2v) is 4.30. The zero-order valence-corrected chi connectivity index (χ0v) is 7.86. The maximum atomic E-state index is 5.20. The van der Waals surface area contributed by atoms with Crippen LogP contribution in [0.3, 0.4) is 0 Å². The Bertz CT molecular complexity index is 129. The molecule has 2 heteroatoms. The second-order valence-electron chi connectivity index (χ2n) is 2.74. The van der Waals surface area contributed by atoms with Crippen molar-refractivity contribution >= 4 is 15.9 Å². The summed E-state index contributed by atoms with van der Waals surface area (Å²) in [6, 6.07) is 0. The van der Waals surface area contributed by atoms with Gasteiger partial charge in [0.15, 0.2) is 0 Å². The van der Waals surface area contributed by atoms with Crippen molar-refractivity contribution < 1.29 is 4.74 Å². The fraction of sp³-hybridized carbons (Fsp3) is 0.750. The van der Waals surface area contributed by atoms with E-state index in [2.05, 4.69) is 22.9 Å². The van der Waals surface area contributed by atoms with Gasteiger partial charge in [-0.1, -0.05) is 22.9 Å². The molecule has 0 fully saturated rings. The van der Waals surface area contributed by atoms with Crippen molar-refractivity contribution in [2.45, 2.75) is 31.0 Å². The van der Waals surface area contributed by atoms with Crippen molar-refractivity contribution in [3.63, 3.8) is 0 Å². The SMILES string of the molecule is CC(Br)CC1=COCCC1. The monoisotopic (exact) mass is 204 g/mol. The summed E-state index contributed by atoms with van der Waals surface area (Å²) >= 11 is 3.51. The summed E-state index contributed by atoms with van der Waals surface area (Å²) in [5.41, 5.74) is 1.44. The standard InChI is InChI=1S/C8H13BrO/c1-7(9)5-8-3-2-4-10-6-8/h6-7H,2-5H2,1H3. The maximum Gasteiger partial charge on any atom is 0.0876 e. The first kappa shape index (κ1) is 8.12. The lowest BCUT2D eigenvalue weighted by atomic mass is 10.1. The Hall–Kier alpha value is 0.0200. The molecule has 0 spiro atoms. The Labute approximate surface area is 70.6 Å². The Morgan fingerprint density at radius 3 is 3.10 bits per heavy atom. The summed E-state index contributed by atoms with van der Waals surface area (Å²) in [6.07, 6.45) is 5.45. The van der Waals surface area contributed by atoms with Gasteiger partial charge in [-0.2, -0.15) is 0 Å². The molecule has 0 saturated carbocycles. The predicted molar refractivity (Wildman–Crippen MR) is 46.3 cm³/mol. The number of alkyl halides is 1. The summed E-state index contributed by atoms with van der Waals surface area (Å²) < 4.78 is 5.20. The molecule has 0 aromatic heterocycles. The van der Waals surface area contributed by atoms with Gasteiger partial charge in [-0.25, -0.2) is 0 Å². The summed E-state index contributed by atoms with van der Waals surface area (Å²) in [6.45, 7) is 3.07. The van der Waals surface area contributed by atoms with E-state index < -0.39 is 0 Å². The molecule has 1 unspecified atom stereocenters. The molecule has 10 heavy (non-hydrogen) atoms.